The maximum atomic E-state index is 11.7. The topological polar surface area (TPSA) is 91.6 Å². The van der Waals surface area contributed by atoms with Crippen LogP contribution < -0.4 is 11.3 Å². The number of carbonyl (C=O) groups excluding carboxylic acids is 2. The number of piperazine rings is 1. The van der Waals surface area contributed by atoms with Crippen molar-refractivity contribution in [1.29, 1.82) is 0 Å². The van der Waals surface area contributed by atoms with E-state index in [9.17, 15) is 9.59 Å². The van der Waals surface area contributed by atoms with Crippen molar-refractivity contribution < 1.29 is 9.59 Å². The standard InChI is InChI=1S/C14H19N5O2/c15-17-14(21)12-3-1-2-10(16-12)8-18-6-7-19-11(9-18)4-5-13(19)20/h1-3,11H,4-9,15H2,(H,17,21). The quantitative estimate of drug-likeness (QED) is 0.444. The number of carbonyl (C=O) groups is 2. The highest BCUT2D eigenvalue weighted by molar-refractivity contribution is 5.91. The molecule has 0 aromatic carbocycles. The Morgan fingerprint density at radius 1 is 1.43 bits per heavy atom. The fourth-order valence-electron chi connectivity index (χ4n) is 3.07. The number of hydrazine groups is 1. The first kappa shape index (κ1) is 14.0. The van der Waals surface area contributed by atoms with Crippen molar-refractivity contribution in [3.05, 3.63) is 29.6 Å². The van der Waals surface area contributed by atoms with E-state index in [0.717, 1.165) is 31.7 Å². The highest BCUT2D eigenvalue weighted by atomic mass is 16.2. The Hall–Kier alpha value is -1.99. The molecule has 1 aromatic rings. The van der Waals surface area contributed by atoms with Gasteiger partial charge in [-0.25, -0.2) is 10.8 Å². The number of fused-ring (bicyclic) bond motifs is 1. The van der Waals surface area contributed by atoms with Crippen molar-refractivity contribution in [2.75, 3.05) is 19.6 Å². The highest BCUT2D eigenvalue weighted by Gasteiger charge is 2.35. The third kappa shape index (κ3) is 2.88. The van der Waals surface area contributed by atoms with E-state index in [-0.39, 0.29) is 11.8 Å². The van der Waals surface area contributed by atoms with E-state index in [0.29, 0.717) is 24.7 Å². The fraction of sp³-hybridized carbons (Fsp3) is 0.500. The summed E-state index contributed by atoms with van der Waals surface area (Å²) in [5, 5.41) is 0. The molecule has 0 saturated carbocycles. The summed E-state index contributed by atoms with van der Waals surface area (Å²) in [6, 6.07) is 5.68. The van der Waals surface area contributed by atoms with Crippen molar-refractivity contribution in [3.63, 3.8) is 0 Å². The molecule has 2 fully saturated rings. The molecule has 0 bridgehead atoms. The van der Waals surface area contributed by atoms with Crippen molar-refractivity contribution in [3.8, 4) is 0 Å². The lowest BCUT2D eigenvalue weighted by molar-refractivity contribution is -0.130. The molecule has 2 amide bonds. The van der Waals surface area contributed by atoms with Crippen LogP contribution >= 0.6 is 0 Å². The van der Waals surface area contributed by atoms with E-state index in [1.807, 2.05) is 17.0 Å². The number of amides is 2. The summed E-state index contributed by atoms with van der Waals surface area (Å²) in [5.74, 6) is 5.01. The molecule has 21 heavy (non-hydrogen) atoms. The molecule has 2 saturated heterocycles. The first-order valence-corrected chi connectivity index (χ1v) is 7.16. The molecule has 0 aliphatic carbocycles. The molecule has 7 nitrogen and oxygen atoms in total. The molecule has 112 valence electrons. The lowest BCUT2D eigenvalue weighted by Gasteiger charge is -2.37. The minimum absolute atomic E-state index is 0.277. The number of nitrogen functional groups attached to an aromatic ring is 1. The van der Waals surface area contributed by atoms with Crippen molar-refractivity contribution >= 4 is 11.8 Å². The zero-order valence-corrected chi connectivity index (χ0v) is 11.8. The van der Waals surface area contributed by atoms with Crippen LogP contribution in [0.2, 0.25) is 0 Å². The van der Waals surface area contributed by atoms with Crippen LogP contribution in [0.1, 0.15) is 29.0 Å². The summed E-state index contributed by atoms with van der Waals surface area (Å²) < 4.78 is 0. The van der Waals surface area contributed by atoms with E-state index in [1.165, 1.54) is 0 Å². The third-order valence-corrected chi connectivity index (χ3v) is 4.13. The maximum absolute atomic E-state index is 11.7. The number of nitrogens with one attached hydrogen (secondary N) is 1. The molecular weight excluding hydrogens is 270 g/mol. The van der Waals surface area contributed by atoms with Gasteiger partial charge in [0.2, 0.25) is 5.91 Å². The molecule has 7 heteroatoms. The van der Waals surface area contributed by atoms with E-state index < -0.39 is 0 Å². The average Bonchev–Trinajstić information content (AvgIpc) is 2.87. The Labute approximate surface area is 123 Å². The number of aromatic nitrogens is 1. The minimum atomic E-state index is -0.386. The summed E-state index contributed by atoms with van der Waals surface area (Å²) in [7, 11) is 0. The normalized spacial score (nSPS) is 22.2. The molecule has 1 aromatic heterocycles. The maximum Gasteiger partial charge on any atom is 0.283 e. The van der Waals surface area contributed by atoms with Gasteiger partial charge in [-0.1, -0.05) is 6.07 Å². The second-order valence-electron chi connectivity index (χ2n) is 5.50. The van der Waals surface area contributed by atoms with Gasteiger partial charge < -0.3 is 4.90 Å². The smallest absolute Gasteiger partial charge is 0.283 e. The SMILES string of the molecule is NNC(=O)c1cccc(CN2CCN3C(=O)CCC3C2)n1. The van der Waals surface area contributed by atoms with Gasteiger partial charge in [-0.15, -0.1) is 0 Å². The van der Waals surface area contributed by atoms with E-state index in [2.05, 4.69) is 15.3 Å². The molecule has 3 rings (SSSR count). The third-order valence-electron chi connectivity index (χ3n) is 4.13. The van der Waals surface area contributed by atoms with Gasteiger partial charge in [0.15, 0.2) is 0 Å². The number of pyridine rings is 1. The summed E-state index contributed by atoms with van der Waals surface area (Å²) in [4.78, 5) is 31.7. The van der Waals surface area contributed by atoms with Crippen LogP contribution in [0.4, 0.5) is 0 Å². The molecule has 1 atom stereocenters. The van der Waals surface area contributed by atoms with Crippen LogP contribution in [0.3, 0.4) is 0 Å². The molecule has 2 aliphatic rings. The van der Waals surface area contributed by atoms with Gasteiger partial charge in [-0.05, 0) is 18.6 Å². The molecule has 0 radical (unpaired) electrons. The van der Waals surface area contributed by atoms with E-state index >= 15 is 0 Å². The molecule has 1 unspecified atom stereocenters. The number of rotatable bonds is 3. The van der Waals surface area contributed by atoms with Crippen molar-refractivity contribution in [2.45, 2.75) is 25.4 Å². The Balaban J connectivity index is 1.65. The van der Waals surface area contributed by atoms with Gasteiger partial charge in [-0.2, -0.15) is 0 Å². The molecule has 0 spiro atoms. The fourth-order valence-corrected chi connectivity index (χ4v) is 3.07. The van der Waals surface area contributed by atoms with E-state index in [1.54, 1.807) is 6.07 Å². The number of nitrogens with zero attached hydrogens (tertiary/aromatic N) is 3. The Kier molecular flexibility index (Phi) is 3.85. The molecule has 3 N–H and O–H groups in total. The van der Waals surface area contributed by atoms with Gasteiger partial charge in [-0.3, -0.25) is 19.9 Å². The van der Waals surface area contributed by atoms with Gasteiger partial charge in [0, 0.05) is 38.6 Å². The molecule has 2 aliphatic heterocycles. The highest BCUT2D eigenvalue weighted by Crippen LogP contribution is 2.23. The minimum Gasteiger partial charge on any atom is -0.337 e. The molecule has 3 heterocycles. The van der Waals surface area contributed by atoms with Gasteiger partial charge >= 0.3 is 0 Å². The Bertz CT molecular complexity index is 562. The zero-order chi connectivity index (χ0) is 14.8. The first-order valence-electron chi connectivity index (χ1n) is 7.16. The number of hydrogen-bond donors (Lipinski definition) is 2. The van der Waals surface area contributed by atoms with Crippen molar-refractivity contribution in [2.24, 2.45) is 5.84 Å². The van der Waals surface area contributed by atoms with Crippen LogP contribution in [0.5, 0.6) is 0 Å². The van der Waals surface area contributed by atoms with Crippen LogP contribution in [0.25, 0.3) is 0 Å². The largest absolute Gasteiger partial charge is 0.337 e. The van der Waals surface area contributed by atoms with Crippen LogP contribution in [0.15, 0.2) is 18.2 Å². The second-order valence-corrected chi connectivity index (χ2v) is 5.50. The number of hydrogen-bond acceptors (Lipinski definition) is 5. The van der Waals surface area contributed by atoms with Crippen LogP contribution in [-0.4, -0.2) is 52.3 Å². The predicted molar refractivity (Wildman–Crippen MR) is 75.9 cm³/mol. The summed E-state index contributed by atoms with van der Waals surface area (Å²) in [5.41, 5.74) is 3.25. The van der Waals surface area contributed by atoms with Gasteiger partial charge in [0.05, 0.1) is 5.69 Å². The summed E-state index contributed by atoms with van der Waals surface area (Å²) in [6.45, 7) is 3.19. The summed E-state index contributed by atoms with van der Waals surface area (Å²) >= 11 is 0. The number of nitrogens with two attached hydrogens (primary N) is 1. The zero-order valence-electron chi connectivity index (χ0n) is 11.8. The van der Waals surface area contributed by atoms with Gasteiger partial charge in [0.25, 0.3) is 5.91 Å². The Morgan fingerprint density at radius 2 is 2.29 bits per heavy atom. The monoisotopic (exact) mass is 289 g/mol. The van der Waals surface area contributed by atoms with Crippen LogP contribution in [-0.2, 0) is 11.3 Å². The predicted octanol–water partition coefficient (Wildman–Crippen LogP) is -0.508. The van der Waals surface area contributed by atoms with Crippen molar-refractivity contribution in [1.82, 2.24) is 20.2 Å². The first-order chi connectivity index (χ1) is 10.2. The average molecular weight is 289 g/mol. The summed E-state index contributed by atoms with van der Waals surface area (Å²) in [6.07, 6.45) is 1.61. The van der Waals surface area contributed by atoms with E-state index in [4.69, 9.17) is 5.84 Å². The van der Waals surface area contributed by atoms with Gasteiger partial charge in [0.1, 0.15) is 5.69 Å². The second kappa shape index (κ2) is 5.79. The van der Waals surface area contributed by atoms with Crippen LogP contribution in [0, 0.1) is 0 Å². The lowest BCUT2D eigenvalue weighted by atomic mass is 10.1. The lowest BCUT2D eigenvalue weighted by Crippen LogP contribution is -2.51. The molecular formula is C14H19N5O2. The Morgan fingerprint density at radius 3 is 3.10 bits per heavy atom.